The van der Waals surface area contributed by atoms with Gasteiger partial charge in [-0.25, -0.2) is 9.59 Å². The summed E-state index contributed by atoms with van der Waals surface area (Å²) in [5.74, 6) is -32.9. The summed E-state index contributed by atoms with van der Waals surface area (Å²) in [5, 5.41) is 18.4. The van der Waals surface area contributed by atoms with Gasteiger partial charge in [-0.15, -0.1) is 0 Å². The maximum atomic E-state index is 14.3. The van der Waals surface area contributed by atoms with Crippen molar-refractivity contribution < 1.29 is 126 Å². The number of carboxylic acid groups (broad SMARTS) is 2. The van der Waals surface area contributed by atoms with E-state index in [2.05, 4.69) is 0 Å². The Hall–Kier alpha value is -3.46. The van der Waals surface area contributed by atoms with Crippen LogP contribution < -0.4 is 0 Å². The number of ether oxygens (including phenoxy) is 2. The first-order chi connectivity index (χ1) is 21.7. The van der Waals surface area contributed by atoms with Crippen LogP contribution >= 0.6 is 0 Å². The van der Waals surface area contributed by atoms with E-state index in [4.69, 9.17) is 5.11 Å². The van der Waals surface area contributed by atoms with Gasteiger partial charge in [0.15, 0.2) is 0 Å². The molecule has 0 saturated carbocycles. The lowest BCUT2D eigenvalue weighted by Gasteiger charge is -2.35. The highest BCUT2D eigenvalue weighted by Crippen LogP contribution is 2.54. The maximum Gasteiger partial charge on any atom is 0.458 e. The van der Waals surface area contributed by atoms with Gasteiger partial charge in [-0.1, -0.05) is 6.07 Å². The van der Waals surface area contributed by atoms with Crippen LogP contribution in [0.5, 0.6) is 0 Å². The van der Waals surface area contributed by atoms with Crippen molar-refractivity contribution >= 4 is 11.9 Å². The van der Waals surface area contributed by atoms with Crippen LogP contribution in [0.25, 0.3) is 0 Å². The molecule has 0 unspecified atom stereocenters. The van der Waals surface area contributed by atoms with Gasteiger partial charge in [0.1, 0.15) is 0 Å². The Morgan fingerprint density at radius 3 is 1.10 bits per heavy atom. The summed E-state index contributed by atoms with van der Waals surface area (Å²) in [4.78, 5) is 23.0. The number of carbonyl (C=O) groups is 2. The molecule has 0 saturated heterocycles. The first-order valence-corrected chi connectivity index (χ1v) is 11.9. The quantitative estimate of drug-likeness (QED) is 0.183. The number of benzene rings is 1. The largest absolute Gasteiger partial charge is 0.478 e. The highest BCUT2D eigenvalue weighted by molar-refractivity contribution is 6.03. The fraction of sp³-hybridized carbons (Fsp3) is 0.636. The Labute approximate surface area is 259 Å². The summed E-state index contributed by atoms with van der Waals surface area (Å²) >= 11 is 0. The first-order valence-electron chi connectivity index (χ1n) is 11.9. The molecule has 50 heavy (non-hydrogen) atoms. The van der Waals surface area contributed by atoms with Crippen molar-refractivity contribution in [1.29, 1.82) is 0 Å². The Bertz CT molecular complexity index is 1380. The molecule has 0 bridgehead atoms. The van der Waals surface area contributed by atoms with Gasteiger partial charge in [0.2, 0.25) is 0 Å². The van der Waals surface area contributed by atoms with E-state index in [-0.39, 0.29) is 12.1 Å². The average Bonchev–Trinajstić information content (AvgIpc) is 2.86. The highest BCUT2D eigenvalue weighted by Gasteiger charge is 2.81. The van der Waals surface area contributed by atoms with Crippen LogP contribution in [-0.2, 0) is 22.3 Å². The Morgan fingerprint density at radius 1 is 0.500 bits per heavy atom. The summed E-state index contributed by atoms with van der Waals surface area (Å²) < 4.78 is 294. The number of rotatable bonds is 14. The second kappa shape index (κ2) is 13.3. The van der Waals surface area contributed by atoms with Crippen LogP contribution in [0.3, 0.4) is 0 Å². The molecule has 0 amide bonds. The standard InChI is InChI=1S/C22H12F22O6/c23-13(24,21(41,42)49-15(27,17(29,30)31)18(32,33)34)5-3-7-1-2-9(11(45)46)10(12(47)48)8(7)4-6-14(25,26)22(43,44)50-16(28,19(35,36)37)20(38,39)40/h1-2H,3-6H2,(H,45,46)(H,47,48). The number of alkyl halides is 22. The average molecular weight is 790 g/mol. The number of aromatic carboxylic acids is 2. The molecule has 290 valence electrons. The predicted octanol–water partition coefficient (Wildman–Crippen LogP) is 9.02. The van der Waals surface area contributed by atoms with Gasteiger partial charge in [-0.2, -0.15) is 96.6 Å². The zero-order valence-electron chi connectivity index (χ0n) is 22.8. The van der Waals surface area contributed by atoms with E-state index >= 15 is 0 Å². The van der Waals surface area contributed by atoms with Gasteiger partial charge in [-0.05, 0) is 30.0 Å². The number of hydrogen-bond acceptors (Lipinski definition) is 4. The molecule has 6 nitrogen and oxygen atoms in total. The molecule has 1 aromatic carbocycles. The van der Waals surface area contributed by atoms with Gasteiger partial charge in [0, 0.05) is 12.8 Å². The Balaban J connectivity index is 3.69. The third kappa shape index (κ3) is 8.52. The Morgan fingerprint density at radius 2 is 0.820 bits per heavy atom. The van der Waals surface area contributed by atoms with E-state index in [1.807, 2.05) is 4.74 Å². The van der Waals surface area contributed by atoms with E-state index in [0.29, 0.717) is 0 Å². The van der Waals surface area contributed by atoms with Gasteiger partial charge in [0.05, 0.1) is 11.1 Å². The molecule has 28 heteroatoms. The van der Waals surface area contributed by atoms with Crippen molar-refractivity contribution in [2.24, 2.45) is 0 Å². The Kier molecular flexibility index (Phi) is 11.8. The van der Waals surface area contributed by atoms with E-state index in [1.54, 1.807) is 4.74 Å². The van der Waals surface area contributed by atoms with E-state index in [1.165, 1.54) is 0 Å². The zero-order valence-corrected chi connectivity index (χ0v) is 22.8. The van der Waals surface area contributed by atoms with Crippen molar-refractivity contribution in [2.45, 2.75) is 86.2 Å². The molecule has 0 atom stereocenters. The summed E-state index contributed by atoms with van der Waals surface area (Å²) in [6.07, 6.45) is -54.7. The van der Waals surface area contributed by atoms with Crippen molar-refractivity contribution in [3.8, 4) is 0 Å². The van der Waals surface area contributed by atoms with Gasteiger partial charge >= 0.3 is 72.4 Å². The van der Waals surface area contributed by atoms with Crippen LogP contribution in [0.15, 0.2) is 12.1 Å². The molecular formula is C22H12F22O6. The third-order valence-corrected chi connectivity index (χ3v) is 6.10. The molecule has 1 rings (SSSR count). The lowest BCUT2D eigenvalue weighted by molar-refractivity contribution is -0.503. The predicted molar refractivity (Wildman–Crippen MR) is 111 cm³/mol. The van der Waals surface area contributed by atoms with Crippen LogP contribution in [0.2, 0.25) is 0 Å². The highest BCUT2D eigenvalue weighted by atomic mass is 19.4. The van der Waals surface area contributed by atoms with Gasteiger partial charge in [-0.3, -0.25) is 9.47 Å². The molecule has 1 aromatic rings. The smallest absolute Gasteiger partial charge is 0.458 e. The minimum absolute atomic E-state index is 0.0257. The molecule has 0 aliphatic rings. The lowest BCUT2D eigenvalue weighted by atomic mass is 9.89. The second-order valence-electron chi connectivity index (χ2n) is 9.56. The van der Waals surface area contributed by atoms with Crippen molar-refractivity contribution in [3.05, 3.63) is 34.4 Å². The van der Waals surface area contributed by atoms with Crippen molar-refractivity contribution in [1.82, 2.24) is 0 Å². The molecule has 0 aromatic heterocycles. The molecule has 0 spiro atoms. The summed E-state index contributed by atoms with van der Waals surface area (Å²) in [7, 11) is 0. The number of carboxylic acids is 2. The molecule has 0 heterocycles. The number of hydrogen-bond donors (Lipinski definition) is 2. The number of halogens is 22. The molecule has 0 aliphatic carbocycles. The molecule has 0 fully saturated rings. The molecule has 2 N–H and O–H groups in total. The first kappa shape index (κ1) is 44.6. The lowest BCUT2D eigenvalue weighted by Crippen LogP contribution is -2.61. The van der Waals surface area contributed by atoms with E-state index in [9.17, 15) is 111 Å². The number of aryl methyl sites for hydroxylation is 1. The van der Waals surface area contributed by atoms with Crippen LogP contribution in [0.4, 0.5) is 96.6 Å². The van der Waals surface area contributed by atoms with Gasteiger partial charge in [0.25, 0.3) is 0 Å². The topological polar surface area (TPSA) is 93.1 Å². The zero-order chi connectivity index (χ0) is 40.1. The fourth-order valence-electron chi connectivity index (χ4n) is 3.55. The van der Waals surface area contributed by atoms with E-state index < -0.39 is 120 Å². The normalized spacial score (nSPS) is 15.0. The van der Waals surface area contributed by atoms with Crippen molar-refractivity contribution in [2.75, 3.05) is 0 Å². The second-order valence-corrected chi connectivity index (χ2v) is 9.56. The third-order valence-electron chi connectivity index (χ3n) is 6.10. The monoisotopic (exact) mass is 790 g/mol. The van der Waals surface area contributed by atoms with Crippen LogP contribution in [0, 0.1) is 0 Å². The minimum atomic E-state index is -7.54. The van der Waals surface area contributed by atoms with Crippen molar-refractivity contribution in [3.63, 3.8) is 0 Å². The van der Waals surface area contributed by atoms with Crippen LogP contribution in [0.1, 0.15) is 44.7 Å². The molecule has 0 radical (unpaired) electrons. The molecular weight excluding hydrogens is 778 g/mol. The van der Waals surface area contributed by atoms with Gasteiger partial charge < -0.3 is 10.2 Å². The SMILES string of the molecule is O=C(O)c1ccc(CCC(F)(F)C(F)(F)OC(F)(C(F)(F)F)C(F)(F)F)c(CCC(F)(F)C(F)(F)OC(F)(C(F)(F)F)C(F)(F)F)c1C(=O)O. The van der Waals surface area contributed by atoms with E-state index in [0.717, 1.165) is 0 Å². The van der Waals surface area contributed by atoms with Crippen LogP contribution in [-0.4, -0.2) is 82.6 Å². The minimum Gasteiger partial charge on any atom is -0.478 e. The summed E-state index contributed by atoms with van der Waals surface area (Å²) in [6.45, 7) is 0. The summed E-state index contributed by atoms with van der Waals surface area (Å²) in [6, 6.07) is 0.0646. The maximum absolute atomic E-state index is 14.3. The fourth-order valence-corrected chi connectivity index (χ4v) is 3.55. The summed E-state index contributed by atoms with van der Waals surface area (Å²) in [5.41, 5.74) is -6.77. The molecule has 0 aliphatic heterocycles.